The van der Waals surface area contributed by atoms with Crippen LogP contribution in [0.15, 0.2) is 24.3 Å². The number of halogens is 3. The molecule has 3 nitrogen and oxygen atoms in total. The number of ether oxygens (including phenoxy) is 1. The maximum atomic E-state index is 12.4. The van der Waals surface area contributed by atoms with Crippen molar-refractivity contribution in [1.82, 2.24) is 4.90 Å². The molecule has 1 aliphatic rings. The molecule has 1 saturated heterocycles. The van der Waals surface area contributed by atoms with Crippen LogP contribution in [0.2, 0.25) is 0 Å². The van der Waals surface area contributed by atoms with Crippen molar-refractivity contribution in [1.29, 1.82) is 0 Å². The van der Waals surface area contributed by atoms with Crippen molar-refractivity contribution in [3.8, 4) is 0 Å². The summed E-state index contributed by atoms with van der Waals surface area (Å²) in [5.74, 6) is -0.336. The van der Waals surface area contributed by atoms with E-state index in [1.165, 1.54) is 12.1 Å². The topological polar surface area (TPSA) is 29.5 Å². The molecule has 0 aromatic heterocycles. The normalized spacial score (nSPS) is 17.7. The number of carbonyl (C=O) groups excluding carboxylic acids is 1. The molecule has 116 valence electrons. The summed E-state index contributed by atoms with van der Waals surface area (Å²) in [5.41, 5.74) is -0.159. The van der Waals surface area contributed by atoms with Crippen LogP contribution in [0.3, 0.4) is 0 Å². The van der Waals surface area contributed by atoms with Gasteiger partial charge in [0.05, 0.1) is 5.56 Å². The summed E-state index contributed by atoms with van der Waals surface area (Å²) in [6, 6.07) is 4.34. The van der Waals surface area contributed by atoms with E-state index in [0.29, 0.717) is 5.56 Å². The summed E-state index contributed by atoms with van der Waals surface area (Å²) in [6.07, 6.45) is -2.19. The molecular formula is C15H18F3NO2. The second-order valence-electron chi connectivity index (χ2n) is 5.22. The lowest BCUT2D eigenvalue weighted by molar-refractivity contribution is -0.150. The predicted octanol–water partition coefficient (Wildman–Crippen LogP) is 3.23. The van der Waals surface area contributed by atoms with Gasteiger partial charge in [-0.05, 0) is 50.6 Å². The Bertz CT molecular complexity index is 479. The van der Waals surface area contributed by atoms with Gasteiger partial charge in [0.1, 0.15) is 12.6 Å². The quantitative estimate of drug-likeness (QED) is 0.800. The molecule has 0 bridgehead atoms. The Balaban J connectivity index is 1.86. The lowest BCUT2D eigenvalue weighted by atomic mass is 10.1. The molecule has 0 radical (unpaired) electrons. The number of rotatable bonds is 4. The van der Waals surface area contributed by atoms with E-state index in [9.17, 15) is 18.0 Å². The number of alkyl halides is 3. The van der Waals surface area contributed by atoms with Crippen molar-refractivity contribution in [2.24, 2.45) is 0 Å². The summed E-state index contributed by atoms with van der Waals surface area (Å²) in [5, 5.41) is 0. The average Bonchev–Trinajstić information content (AvgIpc) is 2.97. The van der Waals surface area contributed by atoms with Gasteiger partial charge in [-0.15, -0.1) is 0 Å². The Morgan fingerprint density at radius 3 is 2.33 bits per heavy atom. The van der Waals surface area contributed by atoms with Crippen molar-refractivity contribution in [3.63, 3.8) is 0 Å². The van der Waals surface area contributed by atoms with E-state index >= 15 is 0 Å². The minimum Gasteiger partial charge on any atom is -0.460 e. The maximum absolute atomic E-state index is 12.4. The second-order valence-corrected chi connectivity index (χ2v) is 5.22. The Labute approximate surface area is 121 Å². The first-order valence-electron chi connectivity index (χ1n) is 6.95. The molecule has 6 heteroatoms. The van der Waals surface area contributed by atoms with Crippen LogP contribution in [0.4, 0.5) is 13.2 Å². The number of benzene rings is 1. The lowest BCUT2D eigenvalue weighted by Crippen LogP contribution is -2.37. The van der Waals surface area contributed by atoms with Gasteiger partial charge in [0.2, 0.25) is 0 Å². The zero-order valence-electron chi connectivity index (χ0n) is 11.8. The summed E-state index contributed by atoms with van der Waals surface area (Å²) < 4.78 is 42.4. The molecule has 1 unspecified atom stereocenters. The molecule has 1 aromatic carbocycles. The van der Waals surface area contributed by atoms with Gasteiger partial charge in [0, 0.05) is 0 Å². The fraction of sp³-hybridized carbons (Fsp3) is 0.533. The second kappa shape index (κ2) is 6.47. The maximum Gasteiger partial charge on any atom is 0.416 e. The van der Waals surface area contributed by atoms with E-state index < -0.39 is 11.7 Å². The van der Waals surface area contributed by atoms with E-state index in [-0.39, 0.29) is 18.6 Å². The highest BCUT2D eigenvalue weighted by molar-refractivity contribution is 5.75. The highest BCUT2D eigenvalue weighted by Crippen LogP contribution is 2.29. The molecule has 0 amide bonds. The van der Waals surface area contributed by atoms with Gasteiger partial charge in [-0.1, -0.05) is 12.1 Å². The third-order valence-corrected chi connectivity index (χ3v) is 3.69. The van der Waals surface area contributed by atoms with E-state index in [1.807, 2.05) is 0 Å². The highest BCUT2D eigenvalue weighted by Gasteiger charge is 2.30. The zero-order chi connectivity index (χ0) is 15.5. The smallest absolute Gasteiger partial charge is 0.416 e. The Morgan fingerprint density at radius 2 is 1.81 bits per heavy atom. The van der Waals surface area contributed by atoms with Crippen molar-refractivity contribution < 1.29 is 22.7 Å². The van der Waals surface area contributed by atoms with E-state index in [2.05, 4.69) is 4.90 Å². The van der Waals surface area contributed by atoms with E-state index in [0.717, 1.165) is 38.1 Å². The average molecular weight is 301 g/mol. The summed E-state index contributed by atoms with van der Waals surface area (Å²) in [6.45, 7) is 3.56. The molecule has 0 N–H and O–H groups in total. The molecule has 1 aromatic rings. The summed E-state index contributed by atoms with van der Waals surface area (Å²) in [7, 11) is 0. The number of hydrogen-bond donors (Lipinski definition) is 0. The van der Waals surface area contributed by atoms with Crippen LogP contribution in [0.1, 0.15) is 30.9 Å². The number of carbonyl (C=O) groups is 1. The predicted molar refractivity (Wildman–Crippen MR) is 71.5 cm³/mol. The van der Waals surface area contributed by atoms with Gasteiger partial charge >= 0.3 is 12.1 Å². The molecule has 1 heterocycles. The highest BCUT2D eigenvalue weighted by atomic mass is 19.4. The number of esters is 1. The first-order valence-corrected chi connectivity index (χ1v) is 6.95. The molecule has 0 aliphatic carbocycles. The minimum atomic E-state index is -4.35. The molecule has 1 fully saturated rings. The van der Waals surface area contributed by atoms with Gasteiger partial charge in [-0.25, -0.2) is 0 Å². The van der Waals surface area contributed by atoms with Crippen LogP contribution < -0.4 is 0 Å². The molecule has 1 aliphatic heterocycles. The van der Waals surface area contributed by atoms with Gasteiger partial charge < -0.3 is 4.74 Å². The van der Waals surface area contributed by atoms with Crippen molar-refractivity contribution in [2.45, 2.75) is 38.6 Å². The first-order chi connectivity index (χ1) is 9.88. The molecule has 0 saturated carbocycles. The fourth-order valence-corrected chi connectivity index (χ4v) is 2.34. The summed E-state index contributed by atoms with van der Waals surface area (Å²) in [4.78, 5) is 13.9. The van der Waals surface area contributed by atoms with Crippen LogP contribution in [-0.2, 0) is 22.3 Å². The van der Waals surface area contributed by atoms with Crippen LogP contribution in [0.5, 0.6) is 0 Å². The van der Waals surface area contributed by atoms with E-state index in [4.69, 9.17) is 4.74 Å². The van der Waals surface area contributed by atoms with Crippen LogP contribution >= 0.6 is 0 Å². The molecule has 2 rings (SSSR count). The summed E-state index contributed by atoms with van der Waals surface area (Å²) >= 11 is 0. The van der Waals surface area contributed by atoms with Gasteiger partial charge in [0.25, 0.3) is 0 Å². The molecule has 21 heavy (non-hydrogen) atoms. The lowest BCUT2D eigenvalue weighted by Gasteiger charge is -2.21. The number of nitrogens with zero attached hydrogens (tertiary/aromatic N) is 1. The molecule has 0 spiro atoms. The number of hydrogen-bond acceptors (Lipinski definition) is 3. The monoisotopic (exact) mass is 301 g/mol. The zero-order valence-corrected chi connectivity index (χ0v) is 11.8. The minimum absolute atomic E-state index is 0.00481. The van der Waals surface area contributed by atoms with Gasteiger partial charge in [-0.3, -0.25) is 9.69 Å². The van der Waals surface area contributed by atoms with Crippen LogP contribution in [-0.4, -0.2) is 30.0 Å². The van der Waals surface area contributed by atoms with Crippen molar-refractivity contribution >= 4 is 5.97 Å². The Morgan fingerprint density at radius 1 is 1.24 bits per heavy atom. The molecular weight excluding hydrogens is 283 g/mol. The number of likely N-dealkylation sites (tertiary alicyclic amines) is 1. The van der Waals surface area contributed by atoms with Gasteiger partial charge in [0.15, 0.2) is 0 Å². The third-order valence-electron chi connectivity index (χ3n) is 3.69. The largest absolute Gasteiger partial charge is 0.460 e. The van der Waals surface area contributed by atoms with Crippen LogP contribution in [0.25, 0.3) is 0 Å². The Hall–Kier alpha value is -1.56. The third kappa shape index (κ3) is 4.20. The van der Waals surface area contributed by atoms with Crippen molar-refractivity contribution in [2.75, 3.05) is 13.1 Å². The standard InChI is InChI=1S/C15H18F3NO2/c1-11(19-8-2-3-9-19)14(20)21-10-12-4-6-13(7-5-12)15(16,17)18/h4-7,11H,2-3,8-10H2,1H3. The van der Waals surface area contributed by atoms with Crippen LogP contribution in [0, 0.1) is 0 Å². The fourth-order valence-electron chi connectivity index (χ4n) is 2.34. The van der Waals surface area contributed by atoms with Crippen molar-refractivity contribution in [3.05, 3.63) is 35.4 Å². The Kier molecular flexibility index (Phi) is 4.88. The van der Waals surface area contributed by atoms with E-state index in [1.54, 1.807) is 6.92 Å². The first kappa shape index (κ1) is 15.8. The SMILES string of the molecule is CC(C(=O)OCc1ccc(C(F)(F)F)cc1)N1CCCC1. The molecule has 1 atom stereocenters. The van der Waals surface area contributed by atoms with Gasteiger partial charge in [-0.2, -0.15) is 13.2 Å².